The first-order valence-electron chi connectivity index (χ1n) is 6.27. The third-order valence-electron chi connectivity index (χ3n) is 3.10. The zero-order chi connectivity index (χ0) is 13.8. The van der Waals surface area contributed by atoms with Crippen LogP contribution in [-0.4, -0.2) is 5.91 Å². The molecule has 3 heteroatoms. The van der Waals surface area contributed by atoms with E-state index in [0.29, 0.717) is 17.8 Å². The largest absolute Gasteiger partial charge is 0.398 e. The average Bonchev–Trinajstić information content (AvgIpc) is 2.39. The number of nitrogen functional groups attached to an aromatic ring is 1. The summed E-state index contributed by atoms with van der Waals surface area (Å²) in [5.41, 5.74) is 10.2. The van der Waals surface area contributed by atoms with Crippen LogP contribution in [-0.2, 0) is 6.54 Å². The highest BCUT2D eigenvalue weighted by Gasteiger charge is 2.10. The summed E-state index contributed by atoms with van der Waals surface area (Å²) in [6.45, 7) is 4.43. The van der Waals surface area contributed by atoms with Crippen molar-refractivity contribution < 1.29 is 4.79 Å². The molecule has 2 aromatic carbocycles. The fraction of sp³-hybridized carbons (Fsp3) is 0.188. The molecule has 0 fully saturated rings. The number of amides is 1. The topological polar surface area (TPSA) is 55.1 Å². The number of hydrogen-bond acceptors (Lipinski definition) is 2. The fourth-order valence-electron chi connectivity index (χ4n) is 1.98. The maximum Gasteiger partial charge on any atom is 0.253 e. The lowest BCUT2D eigenvalue weighted by Gasteiger charge is -2.09. The summed E-state index contributed by atoms with van der Waals surface area (Å²) in [7, 11) is 0. The van der Waals surface area contributed by atoms with Gasteiger partial charge in [-0.3, -0.25) is 4.79 Å². The minimum Gasteiger partial charge on any atom is -0.398 e. The molecule has 3 nitrogen and oxygen atoms in total. The van der Waals surface area contributed by atoms with Gasteiger partial charge < -0.3 is 11.1 Å². The maximum atomic E-state index is 12.1. The zero-order valence-corrected chi connectivity index (χ0v) is 11.2. The standard InChI is InChI=1S/C16H18N2O/c1-11-5-3-7-13(9-11)10-18-16(19)14-8-4-6-12(2)15(14)17/h3-9H,10,17H2,1-2H3,(H,18,19). The molecule has 19 heavy (non-hydrogen) atoms. The van der Waals surface area contributed by atoms with E-state index >= 15 is 0 Å². The van der Waals surface area contributed by atoms with E-state index in [4.69, 9.17) is 5.73 Å². The molecule has 0 heterocycles. The molecule has 0 unspecified atom stereocenters. The summed E-state index contributed by atoms with van der Waals surface area (Å²) in [6.07, 6.45) is 0. The van der Waals surface area contributed by atoms with Crippen LogP contribution >= 0.6 is 0 Å². The summed E-state index contributed by atoms with van der Waals surface area (Å²) >= 11 is 0. The van der Waals surface area contributed by atoms with E-state index in [1.165, 1.54) is 5.56 Å². The highest BCUT2D eigenvalue weighted by atomic mass is 16.1. The molecule has 0 radical (unpaired) electrons. The Balaban J connectivity index is 2.08. The molecule has 2 rings (SSSR count). The van der Waals surface area contributed by atoms with Crippen molar-refractivity contribution in [1.82, 2.24) is 5.32 Å². The van der Waals surface area contributed by atoms with Crippen molar-refractivity contribution in [2.45, 2.75) is 20.4 Å². The molecule has 1 amide bonds. The lowest BCUT2D eigenvalue weighted by Crippen LogP contribution is -2.24. The van der Waals surface area contributed by atoms with Crippen molar-refractivity contribution in [1.29, 1.82) is 0 Å². The molecule has 2 aromatic rings. The number of hydrogen-bond donors (Lipinski definition) is 2. The van der Waals surface area contributed by atoms with Crippen molar-refractivity contribution in [2.75, 3.05) is 5.73 Å². The van der Waals surface area contributed by atoms with Gasteiger partial charge in [-0.25, -0.2) is 0 Å². The first-order valence-corrected chi connectivity index (χ1v) is 6.27. The van der Waals surface area contributed by atoms with Crippen LogP contribution in [0.15, 0.2) is 42.5 Å². The van der Waals surface area contributed by atoms with E-state index in [0.717, 1.165) is 11.1 Å². The van der Waals surface area contributed by atoms with Gasteiger partial charge in [0.05, 0.1) is 5.56 Å². The highest BCUT2D eigenvalue weighted by Crippen LogP contribution is 2.16. The van der Waals surface area contributed by atoms with Crippen molar-refractivity contribution in [2.24, 2.45) is 0 Å². The summed E-state index contributed by atoms with van der Waals surface area (Å²) in [5, 5.41) is 2.89. The zero-order valence-electron chi connectivity index (χ0n) is 11.2. The molecule has 0 aliphatic carbocycles. The number of nitrogens with two attached hydrogens (primary N) is 1. The van der Waals surface area contributed by atoms with Gasteiger partial charge >= 0.3 is 0 Å². The van der Waals surface area contributed by atoms with E-state index in [-0.39, 0.29) is 5.91 Å². The Morgan fingerprint density at radius 3 is 2.63 bits per heavy atom. The van der Waals surface area contributed by atoms with Gasteiger partial charge in [-0.15, -0.1) is 0 Å². The number of para-hydroxylation sites is 1. The van der Waals surface area contributed by atoms with Crippen LogP contribution in [0.5, 0.6) is 0 Å². The lowest BCUT2D eigenvalue weighted by atomic mass is 10.1. The van der Waals surface area contributed by atoms with Gasteiger partial charge in [-0.05, 0) is 31.0 Å². The maximum absolute atomic E-state index is 12.1. The highest BCUT2D eigenvalue weighted by molar-refractivity contribution is 5.99. The fourth-order valence-corrected chi connectivity index (χ4v) is 1.98. The average molecular weight is 254 g/mol. The molecule has 98 valence electrons. The number of benzene rings is 2. The lowest BCUT2D eigenvalue weighted by molar-refractivity contribution is 0.0951. The van der Waals surface area contributed by atoms with Crippen molar-refractivity contribution in [3.05, 3.63) is 64.7 Å². The van der Waals surface area contributed by atoms with Gasteiger partial charge in [-0.1, -0.05) is 42.0 Å². The van der Waals surface area contributed by atoms with E-state index < -0.39 is 0 Å². The first-order chi connectivity index (χ1) is 9.08. The Bertz CT molecular complexity index is 605. The number of carbonyl (C=O) groups excluding carboxylic acids is 1. The van der Waals surface area contributed by atoms with Crippen LogP contribution in [0.2, 0.25) is 0 Å². The summed E-state index contributed by atoms with van der Waals surface area (Å²) < 4.78 is 0. The number of carbonyl (C=O) groups is 1. The monoisotopic (exact) mass is 254 g/mol. The number of anilines is 1. The SMILES string of the molecule is Cc1cccc(CNC(=O)c2cccc(C)c2N)c1. The van der Waals surface area contributed by atoms with Crippen molar-refractivity contribution in [3.8, 4) is 0 Å². The van der Waals surface area contributed by atoms with Crippen LogP contribution < -0.4 is 11.1 Å². The molecule has 3 N–H and O–H groups in total. The van der Waals surface area contributed by atoms with E-state index in [1.807, 2.05) is 44.2 Å². The number of rotatable bonds is 3. The minimum absolute atomic E-state index is 0.136. The second-order valence-corrected chi connectivity index (χ2v) is 4.71. The molecule has 0 atom stereocenters. The van der Waals surface area contributed by atoms with Crippen LogP contribution in [0.4, 0.5) is 5.69 Å². The van der Waals surface area contributed by atoms with Crippen LogP contribution in [0.3, 0.4) is 0 Å². The van der Waals surface area contributed by atoms with Crippen molar-refractivity contribution >= 4 is 11.6 Å². The van der Waals surface area contributed by atoms with Crippen LogP contribution in [0.1, 0.15) is 27.0 Å². The molecule has 0 aliphatic rings. The van der Waals surface area contributed by atoms with Gasteiger partial charge in [0.25, 0.3) is 5.91 Å². The second-order valence-electron chi connectivity index (χ2n) is 4.71. The van der Waals surface area contributed by atoms with Crippen molar-refractivity contribution in [3.63, 3.8) is 0 Å². The second kappa shape index (κ2) is 5.57. The third-order valence-corrected chi connectivity index (χ3v) is 3.10. The molecule has 0 spiro atoms. The molecule has 0 bridgehead atoms. The van der Waals surface area contributed by atoms with Gasteiger partial charge in [0.2, 0.25) is 0 Å². The van der Waals surface area contributed by atoms with Crippen LogP contribution in [0, 0.1) is 13.8 Å². The summed E-state index contributed by atoms with van der Waals surface area (Å²) in [4.78, 5) is 12.1. The number of nitrogens with one attached hydrogen (secondary N) is 1. The Hall–Kier alpha value is -2.29. The molecule has 0 aromatic heterocycles. The Morgan fingerprint density at radius 1 is 1.16 bits per heavy atom. The molecule has 0 saturated heterocycles. The smallest absolute Gasteiger partial charge is 0.253 e. The normalized spacial score (nSPS) is 10.2. The van der Waals surface area contributed by atoms with E-state index in [2.05, 4.69) is 11.4 Å². The van der Waals surface area contributed by atoms with Gasteiger partial charge in [0, 0.05) is 12.2 Å². The Morgan fingerprint density at radius 2 is 1.89 bits per heavy atom. The van der Waals surface area contributed by atoms with E-state index in [1.54, 1.807) is 6.07 Å². The summed E-state index contributed by atoms with van der Waals surface area (Å²) in [5.74, 6) is -0.136. The number of aryl methyl sites for hydroxylation is 2. The molecular formula is C16H18N2O. The van der Waals surface area contributed by atoms with Gasteiger partial charge in [0.15, 0.2) is 0 Å². The third kappa shape index (κ3) is 3.13. The first kappa shape index (κ1) is 13.1. The van der Waals surface area contributed by atoms with Gasteiger partial charge in [-0.2, -0.15) is 0 Å². The molecule has 0 saturated carbocycles. The predicted molar refractivity (Wildman–Crippen MR) is 77.9 cm³/mol. The Labute approximate surface area is 113 Å². The quantitative estimate of drug-likeness (QED) is 0.827. The van der Waals surface area contributed by atoms with E-state index in [9.17, 15) is 4.79 Å². The van der Waals surface area contributed by atoms with Crippen LogP contribution in [0.25, 0.3) is 0 Å². The van der Waals surface area contributed by atoms with Gasteiger partial charge in [0.1, 0.15) is 0 Å². The minimum atomic E-state index is -0.136. The molecular weight excluding hydrogens is 236 g/mol. The summed E-state index contributed by atoms with van der Waals surface area (Å²) in [6, 6.07) is 13.5. The Kier molecular flexibility index (Phi) is 3.85. The predicted octanol–water partition coefficient (Wildman–Crippen LogP) is 2.82. The molecule has 0 aliphatic heterocycles.